The van der Waals surface area contributed by atoms with Crippen molar-refractivity contribution < 1.29 is 4.79 Å². The van der Waals surface area contributed by atoms with E-state index in [0.717, 1.165) is 24.0 Å². The summed E-state index contributed by atoms with van der Waals surface area (Å²) in [4.78, 5) is 16.6. The maximum absolute atomic E-state index is 10.9. The summed E-state index contributed by atoms with van der Waals surface area (Å²) in [6, 6.07) is 7.80. The van der Waals surface area contributed by atoms with Gasteiger partial charge in [-0.05, 0) is 23.6 Å². The Hall–Kier alpha value is -1.94. The standard InChI is InChI=1S/C13H10N2OS/c16-9-10-3-1-5-15-12(10)8-14-13(15)7-11-4-2-6-17-11/h1-6,8-9H,7H2. The number of nitrogens with zero attached hydrogens (tertiary/aromatic N) is 2. The maximum Gasteiger partial charge on any atom is 0.152 e. The highest BCUT2D eigenvalue weighted by Gasteiger charge is 2.07. The number of aldehydes is 1. The van der Waals surface area contributed by atoms with Crippen LogP contribution in [0, 0.1) is 0 Å². The van der Waals surface area contributed by atoms with Crippen LogP contribution in [0.4, 0.5) is 0 Å². The summed E-state index contributed by atoms with van der Waals surface area (Å²) in [6.07, 6.45) is 5.37. The van der Waals surface area contributed by atoms with Crippen LogP contribution in [0.25, 0.3) is 5.52 Å². The van der Waals surface area contributed by atoms with Crippen molar-refractivity contribution in [2.45, 2.75) is 6.42 Å². The van der Waals surface area contributed by atoms with Gasteiger partial charge in [0.05, 0.1) is 11.7 Å². The van der Waals surface area contributed by atoms with Gasteiger partial charge < -0.3 is 4.40 Å². The van der Waals surface area contributed by atoms with Gasteiger partial charge in [0.25, 0.3) is 0 Å². The minimum atomic E-state index is 0.678. The molecule has 0 amide bonds. The van der Waals surface area contributed by atoms with Crippen LogP contribution in [0.15, 0.2) is 42.0 Å². The van der Waals surface area contributed by atoms with E-state index in [1.54, 1.807) is 23.6 Å². The lowest BCUT2D eigenvalue weighted by atomic mass is 10.2. The quantitative estimate of drug-likeness (QED) is 0.662. The van der Waals surface area contributed by atoms with E-state index in [2.05, 4.69) is 16.4 Å². The van der Waals surface area contributed by atoms with E-state index in [0.29, 0.717) is 5.56 Å². The van der Waals surface area contributed by atoms with Gasteiger partial charge in [-0.1, -0.05) is 6.07 Å². The van der Waals surface area contributed by atoms with Crippen molar-refractivity contribution in [1.82, 2.24) is 9.38 Å². The lowest BCUT2D eigenvalue weighted by molar-refractivity contribution is 0.112. The van der Waals surface area contributed by atoms with Gasteiger partial charge in [0.15, 0.2) is 6.29 Å². The number of imidazole rings is 1. The Balaban J connectivity index is 2.09. The molecular weight excluding hydrogens is 232 g/mol. The number of rotatable bonds is 3. The molecule has 0 fully saturated rings. The molecule has 3 aromatic heterocycles. The molecule has 0 N–H and O–H groups in total. The number of aromatic nitrogens is 2. The van der Waals surface area contributed by atoms with E-state index in [1.807, 2.05) is 22.7 Å². The number of hydrogen-bond donors (Lipinski definition) is 0. The van der Waals surface area contributed by atoms with Crippen LogP contribution in [0.5, 0.6) is 0 Å². The van der Waals surface area contributed by atoms with Crippen molar-refractivity contribution in [3.8, 4) is 0 Å². The second kappa shape index (κ2) is 4.14. The SMILES string of the molecule is O=Cc1cccn2c(Cc3cccs3)ncc12. The van der Waals surface area contributed by atoms with Crippen LogP contribution in [-0.2, 0) is 6.42 Å². The Morgan fingerprint density at radius 3 is 3.06 bits per heavy atom. The third-order valence-electron chi connectivity index (χ3n) is 2.72. The van der Waals surface area contributed by atoms with E-state index < -0.39 is 0 Å². The molecular formula is C13H10N2OS. The minimum absolute atomic E-state index is 0.678. The molecule has 0 unspecified atom stereocenters. The normalized spacial score (nSPS) is 10.8. The zero-order valence-corrected chi connectivity index (χ0v) is 9.85. The van der Waals surface area contributed by atoms with Gasteiger partial charge in [0.2, 0.25) is 0 Å². The molecule has 4 heteroatoms. The molecule has 84 valence electrons. The fourth-order valence-electron chi connectivity index (χ4n) is 1.90. The summed E-state index contributed by atoms with van der Waals surface area (Å²) in [6.45, 7) is 0. The van der Waals surface area contributed by atoms with Crippen molar-refractivity contribution in [3.05, 3.63) is 58.3 Å². The summed E-state index contributed by atoms with van der Waals surface area (Å²) in [7, 11) is 0. The molecule has 3 aromatic rings. The summed E-state index contributed by atoms with van der Waals surface area (Å²) >= 11 is 1.72. The first-order valence-corrected chi connectivity index (χ1v) is 6.19. The average Bonchev–Trinajstić information content (AvgIpc) is 2.99. The molecule has 0 spiro atoms. The summed E-state index contributed by atoms with van der Waals surface area (Å²) in [5, 5.41) is 2.06. The third-order valence-corrected chi connectivity index (χ3v) is 3.60. The monoisotopic (exact) mass is 242 g/mol. The zero-order chi connectivity index (χ0) is 11.7. The molecule has 17 heavy (non-hydrogen) atoms. The number of thiophene rings is 1. The van der Waals surface area contributed by atoms with Crippen LogP contribution in [-0.4, -0.2) is 15.7 Å². The summed E-state index contributed by atoms with van der Waals surface area (Å²) < 4.78 is 1.98. The van der Waals surface area contributed by atoms with E-state index in [4.69, 9.17) is 0 Å². The predicted molar refractivity (Wildman–Crippen MR) is 67.7 cm³/mol. The molecule has 3 heterocycles. The number of pyridine rings is 1. The molecule has 0 aliphatic heterocycles. The third kappa shape index (κ3) is 1.76. The Labute approximate surface area is 102 Å². The van der Waals surface area contributed by atoms with Crippen LogP contribution >= 0.6 is 11.3 Å². The number of carbonyl (C=O) groups is 1. The maximum atomic E-state index is 10.9. The predicted octanol–water partition coefficient (Wildman–Crippen LogP) is 2.80. The van der Waals surface area contributed by atoms with E-state index >= 15 is 0 Å². The van der Waals surface area contributed by atoms with Crippen LogP contribution in [0.1, 0.15) is 21.1 Å². The van der Waals surface area contributed by atoms with Gasteiger partial charge >= 0.3 is 0 Å². The molecule has 0 aliphatic carbocycles. The van der Waals surface area contributed by atoms with Gasteiger partial charge in [-0.15, -0.1) is 11.3 Å². The topological polar surface area (TPSA) is 34.4 Å². The van der Waals surface area contributed by atoms with Crippen molar-refractivity contribution in [2.24, 2.45) is 0 Å². The molecule has 0 atom stereocenters. The van der Waals surface area contributed by atoms with E-state index in [-0.39, 0.29) is 0 Å². The molecule has 3 nitrogen and oxygen atoms in total. The summed E-state index contributed by atoms with van der Waals surface area (Å²) in [5.41, 5.74) is 1.55. The highest BCUT2D eigenvalue weighted by molar-refractivity contribution is 7.09. The highest BCUT2D eigenvalue weighted by Crippen LogP contribution is 2.17. The molecule has 0 saturated heterocycles. The Morgan fingerprint density at radius 2 is 2.29 bits per heavy atom. The van der Waals surface area contributed by atoms with Gasteiger partial charge in [-0.3, -0.25) is 4.79 Å². The molecule has 0 saturated carbocycles. The zero-order valence-electron chi connectivity index (χ0n) is 9.04. The van der Waals surface area contributed by atoms with Crippen molar-refractivity contribution in [2.75, 3.05) is 0 Å². The highest BCUT2D eigenvalue weighted by atomic mass is 32.1. The fraction of sp³-hybridized carbons (Fsp3) is 0.0769. The summed E-state index contributed by atoms with van der Waals surface area (Å²) in [5.74, 6) is 0.964. The fourth-order valence-corrected chi connectivity index (χ4v) is 2.60. The minimum Gasteiger partial charge on any atom is -0.303 e. The smallest absolute Gasteiger partial charge is 0.152 e. The molecule has 3 rings (SSSR count). The first-order valence-electron chi connectivity index (χ1n) is 5.31. The van der Waals surface area contributed by atoms with Gasteiger partial charge in [0, 0.05) is 23.1 Å². The van der Waals surface area contributed by atoms with Gasteiger partial charge in [-0.25, -0.2) is 4.98 Å². The number of carbonyl (C=O) groups excluding carboxylic acids is 1. The van der Waals surface area contributed by atoms with Crippen LogP contribution < -0.4 is 0 Å². The molecule has 0 aromatic carbocycles. The van der Waals surface area contributed by atoms with E-state index in [1.165, 1.54) is 4.88 Å². The van der Waals surface area contributed by atoms with Gasteiger partial charge in [-0.2, -0.15) is 0 Å². The molecule has 0 bridgehead atoms. The van der Waals surface area contributed by atoms with Crippen LogP contribution in [0.3, 0.4) is 0 Å². The Kier molecular flexibility index (Phi) is 2.49. The lowest BCUT2D eigenvalue weighted by Crippen LogP contribution is -1.96. The second-order valence-electron chi connectivity index (χ2n) is 3.77. The first kappa shape index (κ1) is 10.2. The van der Waals surface area contributed by atoms with Crippen LogP contribution in [0.2, 0.25) is 0 Å². The van der Waals surface area contributed by atoms with Crippen molar-refractivity contribution >= 4 is 23.1 Å². The van der Waals surface area contributed by atoms with Crippen molar-refractivity contribution in [3.63, 3.8) is 0 Å². The Morgan fingerprint density at radius 1 is 1.35 bits per heavy atom. The second-order valence-corrected chi connectivity index (χ2v) is 4.80. The number of hydrogen-bond acceptors (Lipinski definition) is 3. The van der Waals surface area contributed by atoms with Gasteiger partial charge in [0.1, 0.15) is 5.82 Å². The Bertz CT molecular complexity index is 655. The first-order chi connectivity index (χ1) is 8.38. The van der Waals surface area contributed by atoms with E-state index in [9.17, 15) is 4.79 Å². The average molecular weight is 242 g/mol. The van der Waals surface area contributed by atoms with Crippen molar-refractivity contribution in [1.29, 1.82) is 0 Å². The molecule has 0 radical (unpaired) electrons. The molecule has 0 aliphatic rings. The lowest BCUT2D eigenvalue weighted by Gasteiger charge is -2.00. The largest absolute Gasteiger partial charge is 0.303 e. The number of fused-ring (bicyclic) bond motifs is 1.